The van der Waals surface area contributed by atoms with Crippen LogP contribution in [-0.4, -0.2) is 38.5 Å². The summed E-state index contributed by atoms with van der Waals surface area (Å²) in [6, 6.07) is 2.11. The van der Waals surface area contributed by atoms with Gasteiger partial charge in [0.25, 0.3) is 0 Å². The fraction of sp³-hybridized carbons (Fsp3) is 0.500. The molecule has 2 rings (SSSR count). The fourth-order valence-electron chi connectivity index (χ4n) is 2.59. The van der Waals surface area contributed by atoms with Gasteiger partial charge in [-0.05, 0) is 15.9 Å². The van der Waals surface area contributed by atoms with Crippen molar-refractivity contribution in [3.05, 3.63) is 22.4 Å². The van der Waals surface area contributed by atoms with Crippen LogP contribution in [0.2, 0.25) is 0 Å². The second-order valence-corrected chi connectivity index (χ2v) is 8.36. The number of pyridine rings is 1. The van der Waals surface area contributed by atoms with Crippen LogP contribution >= 0.6 is 15.9 Å². The molecule has 0 radical (unpaired) electrons. The van der Waals surface area contributed by atoms with Crippen LogP contribution in [0.25, 0.3) is 0 Å². The first-order chi connectivity index (χ1) is 8.74. The van der Waals surface area contributed by atoms with Crippen LogP contribution in [0.1, 0.15) is 12.5 Å². The summed E-state index contributed by atoms with van der Waals surface area (Å²) in [6.45, 7) is 3.19. The first kappa shape index (κ1) is 14.3. The van der Waals surface area contributed by atoms with E-state index in [0.29, 0.717) is 18.7 Å². The van der Waals surface area contributed by atoms with Crippen molar-refractivity contribution in [2.24, 2.45) is 5.41 Å². The number of aromatic nitrogens is 1. The maximum absolute atomic E-state index is 11.4. The van der Waals surface area contributed by atoms with Gasteiger partial charge in [-0.3, -0.25) is 4.98 Å². The van der Waals surface area contributed by atoms with E-state index in [1.54, 1.807) is 6.20 Å². The predicted molar refractivity (Wildman–Crippen MR) is 76.7 cm³/mol. The molecular weight excluding hydrogens is 330 g/mol. The van der Waals surface area contributed by atoms with E-state index in [9.17, 15) is 8.42 Å². The quantitative estimate of drug-likeness (QED) is 0.832. The van der Waals surface area contributed by atoms with E-state index in [1.165, 1.54) is 12.5 Å². The maximum Gasteiger partial charge on any atom is 0.148 e. The number of rotatable bonds is 3. The number of anilines is 1. The van der Waals surface area contributed by atoms with E-state index in [-0.39, 0.29) is 11.2 Å². The monoisotopic (exact) mass is 343 g/mol. The van der Waals surface area contributed by atoms with Crippen molar-refractivity contribution in [3.8, 4) is 6.07 Å². The molecular formula is C12H14BrN3O2S. The number of hydrogen-bond acceptors (Lipinski definition) is 5. The molecule has 0 N–H and O–H groups in total. The lowest BCUT2D eigenvalue weighted by atomic mass is 9.83. The molecule has 0 amide bonds. The van der Waals surface area contributed by atoms with Crippen LogP contribution in [-0.2, 0) is 9.84 Å². The van der Waals surface area contributed by atoms with E-state index in [2.05, 4.69) is 27.0 Å². The van der Waals surface area contributed by atoms with Crippen LogP contribution < -0.4 is 4.90 Å². The molecule has 0 aromatic carbocycles. The van der Waals surface area contributed by atoms with Gasteiger partial charge in [-0.2, -0.15) is 5.26 Å². The molecule has 0 unspecified atom stereocenters. The number of nitriles is 1. The van der Waals surface area contributed by atoms with Crippen molar-refractivity contribution < 1.29 is 8.42 Å². The largest absolute Gasteiger partial charge is 0.368 e. The Morgan fingerprint density at radius 2 is 2.16 bits per heavy atom. The number of halogens is 1. The van der Waals surface area contributed by atoms with Crippen molar-refractivity contribution in [1.82, 2.24) is 4.98 Å². The average molecular weight is 344 g/mol. The second kappa shape index (κ2) is 4.76. The predicted octanol–water partition coefficient (Wildman–Crippen LogP) is 1.59. The third kappa shape index (κ3) is 3.07. The smallest absolute Gasteiger partial charge is 0.148 e. The zero-order valence-corrected chi connectivity index (χ0v) is 13.1. The molecule has 19 heavy (non-hydrogen) atoms. The summed E-state index contributed by atoms with van der Waals surface area (Å²) in [4.78, 5) is 5.97. The van der Waals surface area contributed by atoms with E-state index in [1.807, 2.05) is 11.8 Å². The van der Waals surface area contributed by atoms with Crippen molar-refractivity contribution in [3.63, 3.8) is 0 Å². The Hall–Kier alpha value is -1.13. The molecule has 0 aliphatic carbocycles. The second-order valence-electron chi connectivity index (χ2n) is 5.37. The summed E-state index contributed by atoms with van der Waals surface area (Å²) in [5.74, 6) is 0.168. The molecule has 1 aromatic heterocycles. The van der Waals surface area contributed by atoms with E-state index < -0.39 is 9.84 Å². The van der Waals surface area contributed by atoms with Crippen LogP contribution in [0.15, 0.2) is 16.9 Å². The minimum absolute atomic E-state index is 0.168. The summed E-state index contributed by atoms with van der Waals surface area (Å²) in [5, 5.41) is 9.09. The van der Waals surface area contributed by atoms with Crippen LogP contribution in [0.5, 0.6) is 0 Å². The summed E-state index contributed by atoms with van der Waals surface area (Å²) in [7, 11) is -2.99. The molecule has 102 valence electrons. The molecule has 0 saturated carbocycles. The molecule has 1 aliphatic heterocycles. The van der Waals surface area contributed by atoms with Gasteiger partial charge in [0.2, 0.25) is 0 Å². The zero-order valence-electron chi connectivity index (χ0n) is 10.7. The lowest BCUT2D eigenvalue weighted by Gasteiger charge is -2.49. The number of sulfone groups is 1. The molecule has 1 fully saturated rings. The molecule has 5 nitrogen and oxygen atoms in total. The normalized spacial score (nSPS) is 17.7. The van der Waals surface area contributed by atoms with Gasteiger partial charge >= 0.3 is 0 Å². The van der Waals surface area contributed by atoms with E-state index in [0.717, 1.165) is 10.2 Å². The van der Waals surface area contributed by atoms with Gasteiger partial charge in [-0.15, -0.1) is 0 Å². The SMILES string of the molecule is CC1(CS(C)(=O)=O)CN(c2c(Br)cncc2C#N)C1. The van der Waals surface area contributed by atoms with Gasteiger partial charge in [-0.1, -0.05) is 6.92 Å². The topological polar surface area (TPSA) is 74.1 Å². The third-order valence-electron chi connectivity index (χ3n) is 3.07. The third-order valence-corrected chi connectivity index (χ3v) is 4.87. The molecule has 2 heterocycles. The molecule has 1 saturated heterocycles. The molecule has 1 aromatic rings. The Morgan fingerprint density at radius 1 is 1.53 bits per heavy atom. The Kier molecular flexibility index (Phi) is 3.58. The fourth-order valence-corrected chi connectivity index (χ4v) is 4.62. The van der Waals surface area contributed by atoms with E-state index >= 15 is 0 Å². The van der Waals surface area contributed by atoms with Crippen LogP contribution in [0.4, 0.5) is 5.69 Å². The minimum Gasteiger partial charge on any atom is -0.368 e. The van der Waals surface area contributed by atoms with E-state index in [4.69, 9.17) is 5.26 Å². The highest BCUT2D eigenvalue weighted by Crippen LogP contribution is 2.39. The minimum atomic E-state index is -2.99. The summed E-state index contributed by atoms with van der Waals surface area (Å²) >= 11 is 3.39. The summed E-state index contributed by atoms with van der Waals surface area (Å²) < 4.78 is 23.5. The Labute approximate surface area is 121 Å². The van der Waals surface area contributed by atoms with Gasteiger partial charge in [-0.25, -0.2) is 8.42 Å². The van der Waals surface area contributed by atoms with Crippen molar-refractivity contribution in [2.75, 3.05) is 30.0 Å². The number of nitrogens with zero attached hydrogens (tertiary/aromatic N) is 3. The van der Waals surface area contributed by atoms with Crippen molar-refractivity contribution in [2.45, 2.75) is 6.92 Å². The molecule has 1 aliphatic rings. The number of hydrogen-bond donors (Lipinski definition) is 0. The van der Waals surface area contributed by atoms with Crippen molar-refractivity contribution in [1.29, 1.82) is 5.26 Å². The first-order valence-electron chi connectivity index (χ1n) is 5.70. The van der Waals surface area contributed by atoms with Gasteiger partial charge in [0.1, 0.15) is 15.9 Å². The highest BCUT2D eigenvalue weighted by atomic mass is 79.9. The summed E-state index contributed by atoms with van der Waals surface area (Å²) in [5.41, 5.74) is 1.04. The average Bonchev–Trinajstić information content (AvgIpc) is 2.23. The van der Waals surface area contributed by atoms with Gasteiger partial charge in [0.15, 0.2) is 0 Å². The Balaban J connectivity index is 2.20. The molecule has 7 heteroatoms. The molecule has 0 bridgehead atoms. The maximum atomic E-state index is 11.4. The van der Waals surface area contributed by atoms with Crippen molar-refractivity contribution >= 4 is 31.5 Å². The highest BCUT2D eigenvalue weighted by Gasteiger charge is 2.42. The lowest BCUT2D eigenvalue weighted by Crippen LogP contribution is -2.58. The van der Waals surface area contributed by atoms with Gasteiger partial charge < -0.3 is 4.90 Å². The highest BCUT2D eigenvalue weighted by molar-refractivity contribution is 9.10. The van der Waals surface area contributed by atoms with Gasteiger partial charge in [0, 0.05) is 37.2 Å². The lowest BCUT2D eigenvalue weighted by molar-refractivity contribution is 0.279. The first-order valence-corrected chi connectivity index (χ1v) is 8.56. The van der Waals surface area contributed by atoms with Gasteiger partial charge in [0.05, 0.1) is 21.5 Å². The Bertz CT molecular complexity index is 645. The van der Waals surface area contributed by atoms with Crippen LogP contribution in [0.3, 0.4) is 0 Å². The standard InChI is InChI=1S/C12H14BrN3O2S/c1-12(8-19(2,17)18)6-16(7-12)11-9(3-14)4-15-5-10(11)13/h4-5H,6-8H2,1-2H3. The zero-order chi connectivity index (χ0) is 14.3. The van der Waals surface area contributed by atoms with Crippen LogP contribution in [0, 0.1) is 16.7 Å². The molecule has 0 spiro atoms. The molecule has 0 atom stereocenters. The Morgan fingerprint density at radius 3 is 2.68 bits per heavy atom. The summed E-state index contributed by atoms with van der Waals surface area (Å²) in [6.07, 6.45) is 4.42.